The van der Waals surface area contributed by atoms with Crippen molar-refractivity contribution in [3.8, 4) is 0 Å². The molecule has 0 unspecified atom stereocenters. The highest BCUT2D eigenvalue weighted by molar-refractivity contribution is 4.99. The van der Waals surface area contributed by atoms with E-state index in [0.29, 0.717) is 19.0 Å². The van der Waals surface area contributed by atoms with Gasteiger partial charge >= 0.3 is 0 Å². The van der Waals surface area contributed by atoms with Gasteiger partial charge in [0.15, 0.2) is 0 Å². The molecule has 0 bridgehead atoms. The van der Waals surface area contributed by atoms with Gasteiger partial charge in [0.2, 0.25) is 0 Å². The fourth-order valence-electron chi connectivity index (χ4n) is 1.49. The molecule has 0 aliphatic carbocycles. The fraction of sp³-hybridized carbons (Fsp3) is 0.800. The van der Waals surface area contributed by atoms with Gasteiger partial charge in [0.1, 0.15) is 0 Å². The third-order valence-electron chi connectivity index (χ3n) is 2.57. The average Bonchev–Trinajstić information content (AvgIpc) is 2.03. The average molecular weight is 189 g/mol. The van der Waals surface area contributed by atoms with Crippen LogP contribution in [0.4, 0.5) is 8.78 Å². The van der Waals surface area contributed by atoms with Crippen molar-refractivity contribution >= 4 is 0 Å². The second kappa shape index (κ2) is 3.64. The summed E-state index contributed by atoms with van der Waals surface area (Å²) in [7, 11) is 0. The van der Waals surface area contributed by atoms with E-state index in [1.807, 2.05) is 18.7 Å². The molecule has 1 saturated heterocycles. The van der Waals surface area contributed by atoms with Crippen LogP contribution in [0.1, 0.15) is 26.7 Å². The van der Waals surface area contributed by atoms with Crippen LogP contribution in [0.25, 0.3) is 0 Å². The lowest BCUT2D eigenvalue weighted by Crippen LogP contribution is -2.39. The van der Waals surface area contributed by atoms with Gasteiger partial charge in [0, 0.05) is 31.6 Å². The Morgan fingerprint density at radius 1 is 1.31 bits per heavy atom. The Balaban J connectivity index is 2.46. The topological polar surface area (TPSA) is 3.24 Å². The van der Waals surface area contributed by atoms with Crippen LogP contribution in [0.5, 0.6) is 0 Å². The van der Waals surface area contributed by atoms with Crippen molar-refractivity contribution in [3.05, 3.63) is 12.3 Å². The molecule has 0 aromatic heterocycles. The number of alkyl halides is 2. The maximum atomic E-state index is 12.8. The highest BCUT2D eigenvalue weighted by Crippen LogP contribution is 2.30. The molecule has 0 radical (unpaired) electrons. The molecule has 3 heteroatoms. The van der Waals surface area contributed by atoms with Crippen molar-refractivity contribution in [1.29, 1.82) is 0 Å². The van der Waals surface area contributed by atoms with Crippen LogP contribution in [-0.2, 0) is 0 Å². The smallest absolute Gasteiger partial charge is 0.251 e. The van der Waals surface area contributed by atoms with Crippen LogP contribution in [0.2, 0.25) is 0 Å². The number of piperidine rings is 1. The summed E-state index contributed by atoms with van der Waals surface area (Å²) < 4.78 is 25.6. The van der Waals surface area contributed by atoms with Gasteiger partial charge in [-0.3, -0.25) is 0 Å². The van der Waals surface area contributed by atoms with E-state index >= 15 is 0 Å². The second-order valence-corrected chi connectivity index (χ2v) is 3.99. The summed E-state index contributed by atoms with van der Waals surface area (Å²) in [5.41, 5.74) is 0.982. The predicted molar refractivity (Wildman–Crippen MR) is 49.7 cm³/mol. The molecule has 0 spiro atoms. The molecule has 0 saturated carbocycles. The van der Waals surface area contributed by atoms with Crippen molar-refractivity contribution < 1.29 is 8.78 Å². The molecule has 0 aromatic rings. The van der Waals surface area contributed by atoms with Gasteiger partial charge in [-0.25, -0.2) is 8.78 Å². The number of rotatable bonds is 2. The highest BCUT2D eigenvalue weighted by Gasteiger charge is 2.34. The van der Waals surface area contributed by atoms with Gasteiger partial charge in [-0.1, -0.05) is 20.4 Å². The molecule has 13 heavy (non-hydrogen) atoms. The van der Waals surface area contributed by atoms with Gasteiger partial charge in [-0.2, -0.15) is 0 Å². The third kappa shape index (κ3) is 2.68. The molecule has 1 rings (SSSR count). The zero-order valence-corrected chi connectivity index (χ0v) is 8.32. The van der Waals surface area contributed by atoms with Gasteiger partial charge < -0.3 is 4.90 Å². The summed E-state index contributed by atoms with van der Waals surface area (Å²) in [4.78, 5) is 1.97. The zero-order chi connectivity index (χ0) is 10.1. The van der Waals surface area contributed by atoms with Gasteiger partial charge in [0.25, 0.3) is 5.92 Å². The van der Waals surface area contributed by atoms with Gasteiger partial charge in [0.05, 0.1) is 0 Å². The van der Waals surface area contributed by atoms with Crippen LogP contribution in [0.15, 0.2) is 12.3 Å². The van der Waals surface area contributed by atoms with Crippen molar-refractivity contribution in [3.63, 3.8) is 0 Å². The van der Waals surface area contributed by atoms with E-state index in [4.69, 9.17) is 0 Å². The van der Waals surface area contributed by atoms with Crippen molar-refractivity contribution in [2.75, 3.05) is 13.1 Å². The summed E-state index contributed by atoms with van der Waals surface area (Å²) in [6, 6.07) is 0. The Hall–Kier alpha value is -0.600. The molecular weight excluding hydrogens is 172 g/mol. The lowest BCUT2D eigenvalue weighted by Gasteiger charge is -2.35. The predicted octanol–water partition coefficient (Wildman–Crippen LogP) is 2.89. The van der Waals surface area contributed by atoms with Crippen LogP contribution in [0.3, 0.4) is 0 Å². The number of likely N-dealkylation sites (tertiary alicyclic amines) is 1. The third-order valence-corrected chi connectivity index (χ3v) is 2.57. The van der Waals surface area contributed by atoms with E-state index in [9.17, 15) is 8.78 Å². The van der Waals surface area contributed by atoms with E-state index < -0.39 is 5.92 Å². The Morgan fingerprint density at radius 2 is 1.77 bits per heavy atom. The number of halogens is 2. The van der Waals surface area contributed by atoms with E-state index in [2.05, 4.69) is 6.58 Å². The first-order chi connectivity index (χ1) is 5.92. The summed E-state index contributed by atoms with van der Waals surface area (Å²) >= 11 is 0. The maximum Gasteiger partial charge on any atom is 0.251 e. The lowest BCUT2D eigenvalue weighted by atomic mass is 10.0. The minimum absolute atomic E-state index is 0.0290. The minimum Gasteiger partial charge on any atom is -0.375 e. The van der Waals surface area contributed by atoms with E-state index in [1.165, 1.54) is 0 Å². The SMILES string of the molecule is C=C(C(C)C)N1CCC(F)(F)CC1. The van der Waals surface area contributed by atoms with Crippen LogP contribution in [-0.4, -0.2) is 23.9 Å². The first-order valence-electron chi connectivity index (χ1n) is 4.74. The highest BCUT2D eigenvalue weighted by atomic mass is 19.3. The monoisotopic (exact) mass is 189 g/mol. The summed E-state index contributed by atoms with van der Waals surface area (Å²) in [6.45, 7) is 8.88. The van der Waals surface area contributed by atoms with Crippen molar-refractivity contribution in [2.24, 2.45) is 5.92 Å². The molecule has 1 aliphatic rings. The quantitative estimate of drug-likeness (QED) is 0.645. The summed E-state index contributed by atoms with van der Waals surface area (Å²) in [5.74, 6) is -2.10. The first-order valence-corrected chi connectivity index (χ1v) is 4.74. The molecule has 0 N–H and O–H groups in total. The van der Waals surface area contributed by atoms with E-state index in [0.717, 1.165) is 5.70 Å². The molecule has 1 fully saturated rings. The molecular formula is C10H17F2N. The number of nitrogens with zero attached hydrogens (tertiary/aromatic N) is 1. The second-order valence-electron chi connectivity index (χ2n) is 3.99. The largest absolute Gasteiger partial charge is 0.375 e. The Kier molecular flexibility index (Phi) is 2.94. The maximum absolute atomic E-state index is 12.8. The Labute approximate surface area is 78.4 Å². The number of allylic oxidation sites excluding steroid dienone is 1. The zero-order valence-electron chi connectivity index (χ0n) is 8.32. The standard InChI is InChI=1S/C10H17F2N/c1-8(2)9(3)13-6-4-10(11,12)5-7-13/h8H,3-7H2,1-2H3. The summed E-state index contributed by atoms with van der Waals surface area (Å²) in [5, 5.41) is 0. The van der Waals surface area contributed by atoms with E-state index in [1.54, 1.807) is 0 Å². The molecule has 0 atom stereocenters. The van der Waals surface area contributed by atoms with Crippen LogP contribution >= 0.6 is 0 Å². The van der Waals surface area contributed by atoms with E-state index in [-0.39, 0.29) is 12.8 Å². The minimum atomic E-state index is -2.45. The molecule has 1 heterocycles. The molecule has 0 amide bonds. The fourth-order valence-corrected chi connectivity index (χ4v) is 1.49. The Bertz CT molecular complexity index is 189. The van der Waals surface area contributed by atoms with Crippen LogP contribution in [0, 0.1) is 5.92 Å². The molecule has 1 nitrogen and oxygen atoms in total. The first kappa shape index (κ1) is 10.5. The van der Waals surface area contributed by atoms with Crippen molar-refractivity contribution in [1.82, 2.24) is 4.90 Å². The lowest BCUT2D eigenvalue weighted by molar-refractivity contribution is -0.0501. The van der Waals surface area contributed by atoms with Crippen molar-refractivity contribution in [2.45, 2.75) is 32.6 Å². The summed E-state index contributed by atoms with van der Waals surface area (Å²) in [6.07, 6.45) is -0.0581. The normalized spacial score (nSPS) is 22.1. The molecule has 1 aliphatic heterocycles. The van der Waals surface area contributed by atoms with Gasteiger partial charge in [-0.05, 0) is 5.92 Å². The van der Waals surface area contributed by atoms with Crippen LogP contribution < -0.4 is 0 Å². The van der Waals surface area contributed by atoms with Gasteiger partial charge in [-0.15, -0.1) is 0 Å². The molecule has 76 valence electrons. The number of hydrogen-bond acceptors (Lipinski definition) is 1. The number of hydrogen-bond donors (Lipinski definition) is 0. The molecule has 0 aromatic carbocycles. The Morgan fingerprint density at radius 3 is 2.15 bits per heavy atom.